The van der Waals surface area contributed by atoms with Gasteiger partial charge in [0.2, 0.25) is 23.3 Å². The van der Waals surface area contributed by atoms with Crippen molar-refractivity contribution < 1.29 is 24.3 Å². The smallest absolute Gasteiger partial charge is 0.490 e. The average molecular weight is 1470 g/mol. The number of ether oxygens (including phenoxy) is 3. The van der Waals surface area contributed by atoms with Gasteiger partial charge in [-0.05, 0) is 111 Å². The van der Waals surface area contributed by atoms with Crippen molar-refractivity contribution in [2.75, 3.05) is 38.1 Å². The molecular weight excluding hydrogens is 1400 g/mol. The minimum absolute atomic E-state index is 0.0329. The summed E-state index contributed by atoms with van der Waals surface area (Å²) in [5, 5.41) is 22.5. The second-order valence-corrected chi connectivity index (χ2v) is 23.9. The fourth-order valence-corrected chi connectivity index (χ4v) is 11.3. The highest BCUT2D eigenvalue weighted by Crippen LogP contribution is 2.33. The van der Waals surface area contributed by atoms with Gasteiger partial charge in [-0.3, -0.25) is 43.0 Å². The average Bonchev–Trinajstić information content (AvgIpc) is 0.738. The summed E-state index contributed by atoms with van der Waals surface area (Å²) in [6, 6.07) is 48.2. The summed E-state index contributed by atoms with van der Waals surface area (Å²) >= 11 is 11.7. The molecule has 107 heavy (non-hydrogen) atoms. The highest BCUT2D eigenvalue weighted by atomic mass is 35.5. The molecule has 536 valence electrons. The van der Waals surface area contributed by atoms with Crippen molar-refractivity contribution in [2.24, 2.45) is 11.5 Å². The molecule has 0 radical (unpaired) electrons. The van der Waals surface area contributed by atoms with Crippen molar-refractivity contribution in [1.29, 1.82) is 0 Å². The summed E-state index contributed by atoms with van der Waals surface area (Å²) in [6.45, 7) is 19.5. The minimum Gasteiger partial charge on any atom is -0.495 e. The van der Waals surface area contributed by atoms with E-state index in [1.165, 1.54) is 42.5 Å². The zero-order chi connectivity index (χ0) is 76.4. The lowest BCUT2D eigenvalue weighted by atomic mass is 9.82. The number of methoxy groups -OCH3 is 3. The number of nitrogens with one attached hydrogen (secondary N) is 1. The summed E-state index contributed by atoms with van der Waals surface area (Å²) < 4.78 is 20.1. The molecule has 6 aromatic carbocycles. The lowest BCUT2D eigenvalue weighted by molar-refractivity contribution is 0.410. The number of pyridine rings is 3. The van der Waals surface area contributed by atoms with Gasteiger partial charge in [-0.1, -0.05) is 108 Å². The molecule has 3 atom stereocenters. The molecule has 0 saturated carbocycles. The first-order valence-electron chi connectivity index (χ1n) is 32.4. The van der Waals surface area contributed by atoms with Crippen molar-refractivity contribution in [1.82, 2.24) is 63.5 Å². The number of anilines is 3. The first kappa shape index (κ1) is 76.3. The van der Waals surface area contributed by atoms with E-state index in [2.05, 4.69) is 54.9 Å². The van der Waals surface area contributed by atoms with Crippen molar-refractivity contribution in [2.45, 2.75) is 38.9 Å². The molecule has 8 heterocycles. The number of nitrogens with zero attached hydrogens (tertiary/aromatic N) is 15. The van der Waals surface area contributed by atoms with Gasteiger partial charge in [0.25, 0.3) is 16.7 Å². The van der Waals surface area contributed by atoms with Crippen LogP contribution >= 0.6 is 23.2 Å². The number of benzene rings is 6. The number of nitrogen functional groups attached to an aromatic ring is 2. The molecule has 0 aliphatic carbocycles. The van der Waals surface area contributed by atoms with Gasteiger partial charge in [0, 0.05) is 47.6 Å². The maximum absolute atomic E-state index is 14.2. The Labute approximate surface area is 622 Å². The van der Waals surface area contributed by atoms with Gasteiger partial charge >= 0.3 is 7.12 Å². The Morgan fingerprint density at radius 3 is 1.30 bits per heavy atom. The molecule has 14 aromatic rings. The van der Waals surface area contributed by atoms with Crippen LogP contribution in [0.25, 0.3) is 81.7 Å². The van der Waals surface area contributed by atoms with Crippen LogP contribution < -0.4 is 64.6 Å². The first-order chi connectivity index (χ1) is 51.7. The third kappa shape index (κ3) is 17.8. The molecule has 11 N–H and O–H groups in total. The number of fused-ring (bicyclic) bond motifs is 3. The van der Waals surface area contributed by atoms with Gasteiger partial charge in [0.1, 0.15) is 45.7 Å². The third-order valence-corrected chi connectivity index (χ3v) is 16.5. The third-order valence-electron chi connectivity index (χ3n) is 15.9. The fraction of sp³-hybridized carbons (Fsp3) is 0.118. The van der Waals surface area contributed by atoms with Crippen LogP contribution in [0.1, 0.15) is 56.4 Å². The Morgan fingerprint density at radius 2 is 0.869 bits per heavy atom. The van der Waals surface area contributed by atoms with Crippen molar-refractivity contribution >= 4 is 97.6 Å². The first-order valence-corrected chi connectivity index (χ1v) is 33.2. The van der Waals surface area contributed by atoms with Crippen molar-refractivity contribution in [3.8, 4) is 56.6 Å². The van der Waals surface area contributed by atoms with E-state index in [-0.39, 0.29) is 57.0 Å². The van der Waals surface area contributed by atoms with E-state index in [4.69, 9.17) is 93.5 Å². The van der Waals surface area contributed by atoms with Crippen LogP contribution in [0.2, 0.25) is 10.2 Å². The molecule has 0 aliphatic heterocycles. The summed E-state index contributed by atoms with van der Waals surface area (Å²) in [5.41, 5.74) is 30.0. The minimum atomic E-state index is -1.49. The molecule has 0 fully saturated rings. The Kier molecular flexibility index (Phi) is 25.1. The highest BCUT2D eigenvalue weighted by Gasteiger charge is 2.24. The topological polar surface area (TPSA) is 388 Å². The SMILES string of the molecule is COc1cncc(-c2cccc3nc([C@H](C)N)n(-c4ccccc4)c(=O)c23)c1.COc1cncc(B(O)O)c1.C[C@H](N)c1nc2cccc(Cl)c2c(=O)n1-c1ccccc1.[C-]#[N+]c1cnc(N)nc1Cl.[C-]#[N+]c1cnc(N)nc1N[C@@H](C)c1nc2cccc(-c3cncc(OC)c3)c2c(=O)n1-c1ccccc1. The number of rotatable bonds is 14. The molecule has 0 bridgehead atoms. The predicted octanol–water partition coefficient (Wildman–Crippen LogP) is 11.1. The van der Waals surface area contributed by atoms with Gasteiger partial charge < -0.3 is 52.5 Å². The van der Waals surface area contributed by atoms with Crippen LogP contribution in [0.15, 0.2) is 228 Å². The van der Waals surface area contributed by atoms with Gasteiger partial charge in [-0.2, -0.15) is 0 Å². The second-order valence-electron chi connectivity index (χ2n) is 23.2. The van der Waals surface area contributed by atoms with Crippen molar-refractivity contribution in [3.05, 3.63) is 295 Å². The molecule has 0 aliphatic rings. The van der Waals surface area contributed by atoms with E-state index in [0.29, 0.717) is 89.2 Å². The van der Waals surface area contributed by atoms with E-state index < -0.39 is 19.2 Å². The van der Waals surface area contributed by atoms with E-state index in [0.717, 1.165) is 28.1 Å². The molecule has 31 heteroatoms. The van der Waals surface area contributed by atoms with Gasteiger partial charge in [0.15, 0.2) is 0 Å². The second kappa shape index (κ2) is 35.2. The predicted molar refractivity (Wildman–Crippen MR) is 415 cm³/mol. The van der Waals surface area contributed by atoms with E-state index in [1.807, 2.05) is 147 Å². The molecule has 0 saturated heterocycles. The molecule has 28 nitrogen and oxygen atoms in total. The number of aromatic nitrogens is 13. The normalized spacial score (nSPS) is 11.4. The van der Waals surface area contributed by atoms with Crippen molar-refractivity contribution in [3.63, 3.8) is 0 Å². The Hall–Kier alpha value is -13.4. The molecule has 0 unspecified atom stereocenters. The fourth-order valence-electron chi connectivity index (χ4n) is 10.9. The Balaban J connectivity index is 0.000000154. The van der Waals surface area contributed by atoms with Gasteiger partial charge in [0.05, 0.1) is 126 Å². The lowest BCUT2D eigenvalue weighted by Crippen LogP contribution is -2.29. The summed E-state index contributed by atoms with van der Waals surface area (Å²) in [6.07, 6.45) is 12.1. The Bertz CT molecular complexity index is 5790. The monoisotopic (exact) mass is 1470 g/mol. The van der Waals surface area contributed by atoms with Gasteiger partial charge in [-0.25, -0.2) is 44.6 Å². The highest BCUT2D eigenvalue weighted by molar-refractivity contribution is 6.58. The maximum Gasteiger partial charge on any atom is 0.490 e. The molecule has 0 spiro atoms. The van der Waals surface area contributed by atoms with E-state index >= 15 is 0 Å². The number of para-hydroxylation sites is 3. The number of nitrogens with two attached hydrogens (primary N) is 4. The van der Waals surface area contributed by atoms with Crippen LogP contribution in [0.5, 0.6) is 17.2 Å². The quantitative estimate of drug-likeness (QED) is 0.0302. The largest absolute Gasteiger partial charge is 0.495 e. The van der Waals surface area contributed by atoms with Crippen LogP contribution in [0.3, 0.4) is 0 Å². The van der Waals surface area contributed by atoms with Gasteiger partial charge in [-0.15, -0.1) is 0 Å². The molecule has 0 amide bonds. The molecule has 8 aromatic heterocycles. The number of halogens is 2. The standard InChI is InChI=1S/C27H22N8O2.C22H20N4O2.C16H14ClN3O.C6H8BNO3.C5H3ClN4/c1-16(32-24-22(29-2)15-31-27(28)34-24)25-33-21-11-7-10-20(17-12-19(37-3)14-30-13-17)23(21)26(36)35(25)18-8-5-4-6-9-18;1-14(23)21-25-19-10-6-9-18(15-11-17(28-2)13-24-12-15)20(19)22(27)26(21)16-7-4-3-5-8-16;1-10(18)15-19-13-9-5-8-12(17)14(13)16(21)20(15)11-6-3-2-4-7-11;1-11-6-2-5(7(9)10)3-8-4-6;1-8-3-2-9-5(7)10-4(3)6/h4-16H,1,3H3,(H3,28,31,32,34);3-14H,23H2,1-2H3;2-10H,18H2,1H3;2-4,9-10H,1H3;2H,(H2,7,9,10)/t16-;14-;10-;;/m000../s1. The van der Waals surface area contributed by atoms with Crippen LogP contribution in [-0.2, 0) is 0 Å². The molecule has 14 rings (SSSR count). The number of hydrogen-bond donors (Lipinski definition) is 7. The zero-order valence-electron chi connectivity index (χ0n) is 58.1. The maximum atomic E-state index is 14.2. The summed E-state index contributed by atoms with van der Waals surface area (Å²) in [5.74, 6) is 3.57. The lowest BCUT2D eigenvalue weighted by Gasteiger charge is -2.21. The van der Waals surface area contributed by atoms with Crippen LogP contribution in [0.4, 0.5) is 29.1 Å². The molecular formula is C76H67BCl2N20O8. The van der Waals surface area contributed by atoms with Crippen LogP contribution in [0, 0.1) is 13.1 Å². The van der Waals surface area contributed by atoms with E-state index in [1.54, 1.807) is 79.3 Å². The van der Waals surface area contributed by atoms with Crippen LogP contribution in [-0.4, -0.2) is 102 Å². The summed E-state index contributed by atoms with van der Waals surface area (Å²) in [7, 11) is 3.16. The van der Waals surface area contributed by atoms with E-state index in [9.17, 15) is 14.4 Å². The zero-order valence-corrected chi connectivity index (χ0v) is 59.6. The summed E-state index contributed by atoms with van der Waals surface area (Å²) in [4.78, 5) is 88.8. The Morgan fingerprint density at radius 1 is 0.477 bits per heavy atom. The number of hydrogen-bond acceptors (Lipinski definition) is 23.